The fourth-order valence-corrected chi connectivity index (χ4v) is 3.90. The van der Waals surface area contributed by atoms with Crippen molar-refractivity contribution in [1.82, 2.24) is 15.2 Å². The molecule has 1 aromatic carbocycles. The highest BCUT2D eigenvalue weighted by Crippen LogP contribution is 2.28. The summed E-state index contributed by atoms with van der Waals surface area (Å²) >= 11 is 5.72. The number of nitrogens with zero attached hydrogens (tertiary/aromatic N) is 3. The Kier molecular flexibility index (Phi) is 9.26. The number of pyridine rings is 1. The van der Waals surface area contributed by atoms with E-state index in [0.29, 0.717) is 24.5 Å². The number of carbonyl (C=O) groups is 3. The molecule has 3 rings (SSSR count). The third-order valence-electron chi connectivity index (χ3n) is 5.23. The van der Waals surface area contributed by atoms with E-state index in [1.165, 1.54) is 6.20 Å². The van der Waals surface area contributed by atoms with Gasteiger partial charge in [-0.2, -0.15) is 0 Å². The van der Waals surface area contributed by atoms with Crippen LogP contribution in [-0.2, 0) is 14.3 Å². The molecule has 0 bridgehead atoms. The molecular formula is C27H34ClFN4O6. The molecule has 1 saturated heterocycles. The summed E-state index contributed by atoms with van der Waals surface area (Å²) in [5.41, 5.74) is -0.825. The van der Waals surface area contributed by atoms with Crippen molar-refractivity contribution < 1.29 is 33.0 Å². The van der Waals surface area contributed by atoms with Crippen LogP contribution in [0.25, 0.3) is 0 Å². The average Bonchev–Trinajstić information content (AvgIpc) is 3.13. The number of hydrogen-bond acceptors (Lipinski definition) is 7. The molecule has 2 aromatic rings. The van der Waals surface area contributed by atoms with E-state index >= 15 is 0 Å². The summed E-state index contributed by atoms with van der Waals surface area (Å²) < 4.78 is 30.2. The van der Waals surface area contributed by atoms with Gasteiger partial charge in [-0.25, -0.2) is 19.0 Å². The maximum atomic E-state index is 14.0. The van der Waals surface area contributed by atoms with Gasteiger partial charge in [0.15, 0.2) is 5.82 Å². The number of halogens is 2. The number of amides is 3. The normalized spacial score (nSPS) is 14.7. The van der Waals surface area contributed by atoms with Crippen molar-refractivity contribution in [1.29, 1.82) is 0 Å². The lowest BCUT2D eigenvalue weighted by Crippen LogP contribution is -2.48. The summed E-state index contributed by atoms with van der Waals surface area (Å²) in [6.45, 7) is 11.3. The smallest absolute Gasteiger partial charge is 0.407 e. The van der Waals surface area contributed by atoms with Gasteiger partial charge < -0.3 is 24.4 Å². The second kappa shape index (κ2) is 12.1. The van der Waals surface area contributed by atoms with E-state index in [9.17, 15) is 18.8 Å². The number of hydrogen-bond donors (Lipinski definition) is 1. The Morgan fingerprint density at radius 3 is 2.31 bits per heavy atom. The molecule has 0 unspecified atom stereocenters. The van der Waals surface area contributed by atoms with Gasteiger partial charge >= 0.3 is 18.1 Å². The number of rotatable bonds is 8. The van der Waals surface area contributed by atoms with Crippen LogP contribution in [0.4, 0.5) is 19.7 Å². The minimum Gasteiger partial charge on any atom is -0.460 e. The quantitative estimate of drug-likeness (QED) is 0.419. The molecule has 3 amide bonds. The Morgan fingerprint density at radius 1 is 1.08 bits per heavy atom. The van der Waals surface area contributed by atoms with Gasteiger partial charge in [0.2, 0.25) is 0 Å². The highest BCUT2D eigenvalue weighted by molar-refractivity contribution is 6.30. The van der Waals surface area contributed by atoms with Crippen LogP contribution >= 0.6 is 11.6 Å². The van der Waals surface area contributed by atoms with E-state index in [4.69, 9.17) is 25.8 Å². The van der Waals surface area contributed by atoms with Gasteiger partial charge in [-0.1, -0.05) is 11.6 Å². The van der Waals surface area contributed by atoms with Crippen LogP contribution in [0.1, 0.15) is 48.0 Å². The minimum absolute atomic E-state index is 0.0799. The van der Waals surface area contributed by atoms with Gasteiger partial charge in [0.05, 0.1) is 17.5 Å². The van der Waals surface area contributed by atoms with E-state index in [1.54, 1.807) is 75.6 Å². The first-order chi connectivity index (χ1) is 18.1. The zero-order valence-electron chi connectivity index (χ0n) is 22.9. The standard InChI is InChI=1S/C27H34ClFN4O6/c1-26(2,3)38-22(34)14-18(31-24(35)39-27(4,5)6)16-32-11-12-33(25(32)36)19-7-9-20(10-8-19)37-23-21(29)13-17(28)15-30-23/h7-10,13,15,18H,11-12,14,16H2,1-6H3,(H,31,35)/t18-/m0/s1. The van der Waals surface area contributed by atoms with E-state index in [2.05, 4.69) is 10.3 Å². The minimum atomic E-state index is -0.730. The third kappa shape index (κ3) is 9.27. The molecule has 1 fully saturated rings. The van der Waals surface area contributed by atoms with Crippen molar-refractivity contribution >= 4 is 35.4 Å². The van der Waals surface area contributed by atoms with Crippen LogP contribution < -0.4 is 15.0 Å². The Bertz CT molecular complexity index is 1170. The fraction of sp³-hybridized carbons (Fsp3) is 0.481. The summed E-state index contributed by atoms with van der Waals surface area (Å²) in [7, 11) is 0. The first-order valence-corrected chi connectivity index (χ1v) is 12.8. The third-order valence-corrected chi connectivity index (χ3v) is 5.43. The van der Waals surface area contributed by atoms with Gasteiger partial charge in [0.1, 0.15) is 17.0 Å². The molecule has 10 nitrogen and oxygen atoms in total. The van der Waals surface area contributed by atoms with Crippen LogP contribution in [0.3, 0.4) is 0 Å². The number of ether oxygens (including phenoxy) is 3. The Morgan fingerprint density at radius 2 is 1.72 bits per heavy atom. The number of nitrogens with one attached hydrogen (secondary N) is 1. The molecule has 1 N–H and O–H groups in total. The van der Waals surface area contributed by atoms with E-state index in [1.807, 2.05) is 0 Å². The molecule has 1 aliphatic rings. The predicted octanol–water partition coefficient (Wildman–Crippen LogP) is 5.53. The summed E-state index contributed by atoms with van der Waals surface area (Å²) in [6.07, 6.45) is 0.447. The van der Waals surface area contributed by atoms with Gasteiger partial charge in [0.25, 0.3) is 5.88 Å². The topological polar surface area (TPSA) is 110 Å². The largest absolute Gasteiger partial charge is 0.460 e. The lowest BCUT2D eigenvalue weighted by atomic mass is 10.1. The van der Waals surface area contributed by atoms with Crippen LogP contribution in [0.2, 0.25) is 5.02 Å². The molecule has 0 radical (unpaired) electrons. The summed E-state index contributed by atoms with van der Waals surface area (Å²) in [6, 6.07) is 6.60. The first-order valence-electron chi connectivity index (χ1n) is 12.5. The van der Waals surface area contributed by atoms with Crippen LogP contribution in [-0.4, -0.2) is 64.9 Å². The number of alkyl carbamates (subject to hydrolysis) is 1. The Balaban J connectivity index is 1.66. The van der Waals surface area contributed by atoms with Crippen molar-refractivity contribution in [3.05, 3.63) is 47.4 Å². The molecule has 1 aromatic heterocycles. The van der Waals surface area contributed by atoms with Crippen molar-refractivity contribution in [3.8, 4) is 11.6 Å². The monoisotopic (exact) mass is 564 g/mol. The summed E-state index contributed by atoms with van der Waals surface area (Å²) in [4.78, 5) is 45.1. The number of esters is 1. The van der Waals surface area contributed by atoms with Gasteiger partial charge in [-0.05, 0) is 71.9 Å². The molecule has 39 heavy (non-hydrogen) atoms. The van der Waals surface area contributed by atoms with Crippen LogP contribution in [0.15, 0.2) is 36.5 Å². The predicted molar refractivity (Wildman–Crippen MR) is 144 cm³/mol. The SMILES string of the molecule is CC(C)(C)OC(=O)C[C@@H](CN1CCN(c2ccc(Oc3ncc(Cl)cc3F)cc2)C1=O)NC(=O)OC(C)(C)C. The van der Waals surface area contributed by atoms with Gasteiger partial charge in [-0.15, -0.1) is 0 Å². The second-order valence-electron chi connectivity index (χ2n) is 11.1. The summed E-state index contributed by atoms with van der Waals surface area (Å²) in [5, 5.41) is 2.85. The maximum Gasteiger partial charge on any atom is 0.407 e. The van der Waals surface area contributed by atoms with Crippen LogP contribution in [0.5, 0.6) is 11.6 Å². The van der Waals surface area contributed by atoms with Crippen molar-refractivity contribution in [2.45, 2.75) is 65.2 Å². The molecule has 1 aliphatic heterocycles. The van der Waals surface area contributed by atoms with Gasteiger partial charge in [-0.3, -0.25) is 9.69 Å². The molecule has 2 heterocycles. The molecule has 0 spiro atoms. The highest BCUT2D eigenvalue weighted by Gasteiger charge is 2.33. The highest BCUT2D eigenvalue weighted by atomic mass is 35.5. The zero-order valence-corrected chi connectivity index (χ0v) is 23.7. The maximum absolute atomic E-state index is 14.0. The lowest BCUT2D eigenvalue weighted by molar-refractivity contribution is -0.155. The fourth-order valence-electron chi connectivity index (χ4n) is 3.76. The molecule has 1 atom stereocenters. The Hall–Kier alpha value is -3.60. The van der Waals surface area contributed by atoms with Crippen molar-refractivity contribution in [3.63, 3.8) is 0 Å². The van der Waals surface area contributed by atoms with E-state index < -0.39 is 35.1 Å². The molecule has 0 aliphatic carbocycles. The zero-order chi connectivity index (χ0) is 29.0. The van der Waals surface area contributed by atoms with Gasteiger partial charge in [0, 0.05) is 31.5 Å². The van der Waals surface area contributed by atoms with Crippen molar-refractivity contribution in [2.24, 2.45) is 0 Å². The second-order valence-corrected chi connectivity index (χ2v) is 11.5. The molecular weight excluding hydrogens is 531 g/mol. The van der Waals surface area contributed by atoms with Crippen LogP contribution in [0, 0.1) is 5.82 Å². The number of carbonyl (C=O) groups excluding carboxylic acids is 3. The number of benzene rings is 1. The van der Waals surface area contributed by atoms with E-state index in [0.717, 1.165) is 6.07 Å². The average molecular weight is 565 g/mol. The Labute approximate surface area is 232 Å². The molecule has 212 valence electrons. The lowest BCUT2D eigenvalue weighted by Gasteiger charge is -2.27. The van der Waals surface area contributed by atoms with E-state index in [-0.39, 0.29) is 29.9 Å². The van der Waals surface area contributed by atoms with Crippen molar-refractivity contribution in [2.75, 3.05) is 24.5 Å². The number of aromatic nitrogens is 1. The first kappa shape index (κ1) is 29.9. The number of anilines is 1. The molecule has 12 heteroatoms. The summed E-state index contributed by atoms with van der Waals surface area (Å²) in [5.74, 6) is -1.09. The molecule has 0 saturated carbocycles. The number of urea groups is 1.